The first-order chi connectivity index (χ1) is 10.6. The highest BCUT2D eigenvalue weighted by Crippen LogP contribution is 2.36. The quantitative estimate of drug-likeness (QED) is 0.763. The first-order valence-electron chi connectivity index (χ1n) is 6.75. The SMILES string of the molecule is Cc1ccc(C(N)=O)c(OCc2sc3ccccc3c2Cl)c1. The average molecular weight is 332 g/mol. The highest BCUT2D eigenvalue weighted by molar-refractivity contribution is 7.19. The summed E-state index contributed by atoms with van der Waals surface area (Å²) in [5.41, 5.74) is 6.76. The first-order valence-corrected chi connectivity index (χ1v) is 7.95. The summed E-state index contributed by atoms with van der Waals surface area (Å²) in [6.45, 7) is 2.24. The van der Waals surface area contributed by atoms with Crippen LogP contribution in [0.3, 0.4) is 0 Å². The van der Waals surface area contributed by atoms with Gasteiger partial charge in [0.25, 0.3) is 5.91 Å². The molecule has 0 bridgehead atoms. The molecular formula is C17H14ClNO2S. The van der Waals surface area contributed by atoms with Gasteiger partial charge in [0.15, 0.2) is 0 Å². The molecule has 1 amide bonds. The average Bonchev–Trinajstić information content (AvgIpc) is 2.82. The number of carbonyl (C=O) groups is 1. The van der Waals surface area contributed by atoms with Crippen LogP contribution in [0.1, 0.15) is 20.8 Å². The molecule has 2 N–H and O–H groups in total. The Morgan fingerprint density at radius 1 is 1.27 bits per heavy atom. The lowest BCUT2D eigenvalue weighted by Crippen LogP contribution is -2.13. The van der Waals surface area contributed by atoms with Crippen molar-refractivity contribution in [2.24, 2.45) is 5.73 Å². The summed E-state index contributed by atoms with van der Waals surface area (Å²) in [7, 11) is 0. The number of fused-ring (bicyclic) bond motifs is 1. The van der Waals surface area contributed by atoms with Gasteiger partial charge in [0, 0.05) is 10.1 Å². The highest BCUT2D eigenvalue weighted by Gasteiger charge is 2.13. The van der Waals surface area contributed by atoms with E-state index >= 15 is 0 Å². The Bertz CT molecular complexity index is 857. The Balaban J connectivity index is 1.90. The molecule has 2 aromatic carbocycles. The van der Waals surface area contributed by atoms with E-state index in [0.717, 1.165) is 20.5 Å². The van der Waals surface area contributed by atoms with Crippen LogP contribution in [0.25, 0.3) is 10.1 Å². The maximum atomic E-state index is 11.5. The van der Waals surface area contributed by atoms with Crippen molar-refractivity contribution in [3.05, 3.63) is 63.5 Å². The molecule has 0 spiro atoms. The van der Waals surface area contributed by atoms with Crippen molar-refractivity contribution in [3.63, 3.8) is 0 Å². The van der Waals surface area contributed by atoms with Gasteiger partial charge in [-0.05, 0) is 30.7 Å². The molecule has 0 saturated heterocycles. The Morgan fingerprint density at radius 2 is 2.05 bits per heavy atom. The van der Waals surface area contributed by atoms with Gasteiger partial charge in [-0.1, -0.05) is 35.9 Å². The molecule has 0 fully saturated rings. The van der Waals surface area contributed by atoms with Crippen molar-refractivity contribution < 1.29 is 9.53 Å². The molecule has 3 rings (SSSR count). The number of rotatable bonds is 4. The van der Waals surface area contributed by atoms with E-state index < -0.39 is 5.91 Å². The number of primary amides is 1. The summed E-state index contributed by atoms with van der Waals surface area (Å²) in [5.74, 6) is -0.0153. The molecule has 0 saturated carbocycles. The molecule has 1 aromatic heterocycles. The maximum Gasteiger partial charge on any atom is 0.252 e. The third kappa shape index (κ3) is 2.80. The maximum absolute atomic E-state index is 11.5. The van der Waals surface area contributed by atoms with Gasteiger partial charge in [-0.2, -0.15) is 0 Å². The number of thiophene rings is 1. The van der Waals surface area contributed by atoms with Crippen LogP contribution in [0.5, 0.6) is 5.75 Å². The van der Waals surface area contributed by atoms with Gasteiger partial charge in [0.05, 0.1) is 15.5 Å². The second kappa shape index (κ2) is 5.99. The Morgan fingerprint density at radius 3 is 2.77 bits per heavy atom. The summed E-state index contributed by atoms with van der Waals surface area (Å²) in [5, 5.41) is 1.72. The van der Waals surface area contributed by atoms with Crippen molar-refractivity contribution in [2.45, 2.75) is 13.5 Å². The van der Waals surface area contributed by atoms with E-state index in [-0.39, 0.29) is 0 Å². The summed E-state index contributed by atoms with van der Waals surface area (Å²) in [6, 6.07) is 13.3. The number of benzene rings is 2. The van der Waals surface area contributed by atoms with Crippen molar-refractivity contribution in [2.75, 3.05) is 0 Å². The topological polar surface area (TPSA) is 52.3 Å². The second-order valence-electron chi connectivity index (χ2n) is 4.99. The number of hydrogen-bond donors (Lipinski definition) is 1. The third-order valence-corrected chi connectivity index (χ3v) is 5.05. The molecule has 3 aromatic rings. The Kier molecular flexibility index (Phi) is 4.05. The largest absolute Gasteiger partial charge is 0.487 e. The van der Waals surface area contributed by atoms with Crippen molar-refractivity contribution in [3.8, 4) is 5.75 Å². The smallest absolute Gasteiger partial charge is 0.252 e. The van der Waals surface area contributed by atoms with Gasteiger partial charge in [-0.25, -0.2) is 0 Å². The fourth-order valence-electron chi connectivity index (χ4n) is 2.25. The summed E-state index contributed by atoms with van der Waals surface area (Å²) < 4.78 is 6.92. The normalized spacial score (nSPS) is 10.8. The minimum atomic E-state index is -0.502. The van der Waals surface area contributed by atoms with Crippen LogP contribution >= 0.6 is 22.9 Å². The summed E-state index contributed by atoms with van der Waals surface area (Å²) >= 11 is 7.98. The van der Waals surface area contributed by atoms with Crippen LogP contribution in [0.4, 0.5) is 0 Å². The van der Waals surface area contributed by atoms with E-state index in [2.05, 4.69) is 0 Å². The number of aryl methyl sites for hydroxylation is 1. The van der Waals surface area contributed by atoms with Gasteiger partial charge in [-0.3, -0.25) is 4.79 Å². The van der Waals surface area contributed by atoms with Crippen LogP contribution in [-0.2, 0) is 6.61 Å². The number of nitrogens with two attached hydrogens (primary N) is 1. The molecule has 5 heteroatoms. The molecule has 1 heterocycles. The predicted octanol–water partition coefficient (Wildman–Crippen LogP) is 4.54. The molecule has 0 atom stereocenters. The number of halogens is 1. The van der Waals surface area contributed by atoms with Crippen molar-refractivity contribution in [1.82, 2.24) is 0 Å². The van der Waals surface area contributed by atoms with Gasteiger partial charge in [-0.15, -0.1) is 11.3 Å². The van der Waals surface area contributed by atoms with Gasteiger partial charge in [0.1, 0.15) is 12.4 Å². The molecule has 0 unspecified atom stereocenters. The lowest BCUT2D eigenvalue weighted by atomic mass is 10.1. The van der Waals surface area contributed by atoms with Crippen molar-refractivity contribution >= 4 is 38.9 Å². The minimum absolute atomic E-state index is 0.307. The minimum Gasteiger partial charge on any atom is -0.487 e. The van der Waals surface area contributed by atoms with Crippen LogP contribution in [0, 0.1) is 6.92 Å². The summed E-state index contributed by atoms with van der Waals surface area (Å²) in [6.07, 6.45) is 0. The fourth-order valence-corrected chi connectivity index (χ4v) is 3.65. The summed E-state index contributed by atoms with van der Waals surface area (Å²) in [4.78, 5) is 12.4. The van der Waals surface area contributed by atoms with Gasteiger partial charge < -0.3 is 10.5 Å². The fraction of sp³-hybridized carbons (Fsp3) is 0.118. The molecule has 3 nitrogen and oxygen atoms in total. The number of carbonyl (C=O) groups excluding carboxylic acids is 1. The molecule has 0 aliphatic heterocycles. The zero-order valence-corrected chi connectivity index (χ0v) is 13.5. The Hall–Kier alpha value is -2.04. The molecule has 0 radical (unpaired) electrons. The third-order valence-electron chi connectivity index (χ3n) is 3.36. The van der Waals surface area contributed by atoms with E-state index in [0.29, 0.717) is 22.9 Å². The van der Waals surface area contributed by atoms with E-state index in [9.17, 15) is 4.79 Å². The lowest BCUT2D eigenvalue weighted by Gasteiger charge is -2.10. The van der Waals surface area contributed by atoms with Crippen LogP contribution in [0.15, 0.2) is 42.5 Å². The molecule has 0 aliphatic rings. The molecule has 22 heavy (non-hydrogen) atoms. The molecule has 0 aliphatic carbocycles. The number of amides is 1. The van der Waals surface area contributed by atoms with Gasteiger partial charge in [0.2, 0.25) is 0 Å². The van der Waals surface area contributed by atoms with Gasteiger partial charge >= 0.3 is 0 Å². The number of ether oxygens (including phenoxy) is 1. The molecule has 112 valence electrons. The lowest BCUT2D eigenvalue weighted by molar-refractivity contribution is 0.0996. The van der Waals surface area contributed by atoms with Crippen LogP contribution < -0.4 is 10.5 Å². The number of hydrogen-bond acceptors (Lipinski definition) is 3. The van der Waals surface area contributed by atoms with E-state index in [1.807, 2.05) is 37.3 Å². The Labute approximate surface area is 137 Å². The van der Waals surface area contributed by atoms with Crippen LogP contribution in [0.2, 0.25) is 5.02 Å². The highest BCUT2D eigenvalue weighted by atomic mass is 35.5. The second-order valence-corrected chi connectivity index (χ2v) is 6.50. The standard InChI is InChI=1S/C17H14ClNO2S/c1-10-6-7-11(17(19)20)13(8-10)21-9-15-16(18)12-4-2-3-5-14(12)22-15/h2-8H,9H2,1H3,(H2,19,20). The predicted molar refractivity (Wildman–Crippen MR) is 90.9 cm³/mol. The van der Waals surface area contributed by atoms with Crippen LogP contribution in [-0.4, -0.2) is 5.91 Å². The zero-order chi connectivity index (χ0) is 15.7. The first kappa shape index (κ1) is 14.9. The van der Waals surface area contributed by atoms with E-state index in [1.165, 1.54) is 0 Å². The van der Waals surface area contributed by atoms with E-state index in [4.69, 9.17) is 22.1 Å². The molecular weight excluding hydrogens is 318 g/mol. The monoisotopic (exact) mass is 331 g/mol. The van der Waals surface area contributed by atoms with E-state index in [1.54, 1.807) is 23.5 Å². The zero-order valence-electron chi connectivity index (χ0n) is 11.9. The van der Waals surface area contributed by atoms with Crippen molar-refractivity contribution in [1.29, 1.82) is 0 Å².